The molecule has 0 saturated carbocycles. The number of rotatable bonds is 30. The Balaban J connectivity index is 2.00. The van der Waals surface area contributed by atoms with Crippen LogP contribution >= 0.6 is 0 Å². The van der Waals surface area contributed by atoms with E-state index in [-0.39, 0.29) is 12.2 Å². The minimum atomic E-state index is -0.178. The maximum atomic E-state index is 12.9. The number of hydrogen-bond acceptors (Lipinski definition) is 2. The summed E-state index contributed by atoms with van der Waals surface area (Å²) in [7, 11) is 0. The van der Waals surface area contributed by atoms with Crippen molar-refractivity contribution in [1.29, 1.82) is 0 Å². The Hall–Kier alpha value is -1.71. The van der Waals surface area contributed by atoms with E-state index in [1.54, 1.807) is 0 Å². The minimum absolute atomic E-state index is 0.0417. The first-order valence-corrected chi connectivity index (χ1v) is 19.3. The standard InChI is InChI=1S/C40H69FN2O/c1-3-5-7-9-11-13-17-21-25-29-35-32-33-37-39(36(35)30-26-22-18-14-12-10-8-6-4-2)38(42-43-40(37)44)31-27-23-19-15-16-20-24-28-34-41/h32-33H,3-31,34H2,1-2H3,(H,43,44). The zero-order valence-corrected chi connectivity index (χ0v) is 29.1. The van der Waals surface area contributed by atoms with Crippen molar-refractivity contribution >= 4 is 10.8 Å². The summed E-state index contributed by atoms with van der Waals surface area (Å²) in [6.07, 6.45) is 36.1. The number of fused-ring (bicyclic) bond motifs is 1. The van der Waals surface area contributed by atoms with Gasteiger partial charge >= 0.3 is 0 Å². The number of aromatic nitrogens is 2. The lowest BCUT2D eigenvalue weighted by molar-refractivity contribution is 0.449. The van der Waals surface area contributed by atoms with Crippen LogP contribution in [0.4, 0.5) is 4.39 Å². The molecule has 1 aromatic carbocycles. The molecular weight excluding hydrogens is 543 g/mol. The predicted octanol–water partition coefficient (Wildman–Crippen LogP) is 12.7. The largest absolute Gasteiger partial charge is 0.272 e. The van der Waals surface area contributed by atoms with Gasteiger partial charge in [0.05, 0.1) is 17.8 Å². The fraction of sp³-hybridized carbons (Fsp3) is 0.800. The van der Waals surface area contributed by atoms with Gasteiger partial charge in [-0.25, -0.2) is 5.10 Å². The number of alkyl halides is 1. The first kappa shape index (κ1) is 38.5. The maximum Gasteiger partial charge on any atom is 0.272 e. The molecule has 2 rings (SSSR count). The lowest BCUT2D eigenvalue weighted by atomic mass is 9.90. The van der Waals surface area contributed by atoms with Crippen molar-refractivity contribution in [3.63, 3.8) is 0 Å². The second-order valence-corrected chi connectivity index (χ2v) is 13.5. The van der Waals surface area contributed by atoms with Crippen LogP contribution in [-0.4, -0.2) is 16.9 Å². The number of H-pyrrole nitrogens is 1. The highest BCUT2D eigenvalue weighted by molar-refractivity contribution is 5.88. The topological polar surface area (TPSA) is 45.8 Å². The van der Waals surface area contributed by atoms with Gasteiger partial charge in [-0.3, -0.25) is 9.18 Å². The van der Waals surface area contributed by atoms with Gasteiger partial charge in [-0.15, -0.1) is 0 Å². The molecule has 0 aliphatic heterocycles. The van der Waals surface area contributed by atoms with Crippen molar-refractivity contribution in [1.82, 2.24) is 10.2 Å². The van der Waals surface area contributed by atoms with E-state index < -0.39 is 0 Å². The van der Waals surface area contributed by atoms with Crippen molar-refractivity contribution in [2.45, 2.75) is 200 Å². The third-order valence-corrected chi connectivity index (χ3v) is 9.61. The lowest BCUT2D eigenvalue weighted by Crippen LogP contribution is -2.13. The summed E-state index contributed by atoms with van der Waals surface area (Å²) in [5.74, 6) is 0. The number of aryl methyl sites for hydroxylation is 3. The van der Waals surface area contributed by atoms with E-state index in [0.717, 1.165) is 49.6 Å². The number of unbranched alkanes of at least 4 members (excludes halogenated alkanes) is 23. The highest BCUT2D eigenvalue weighted by Crippen LogP contribution is 2.28. The lowest BCUT2D eigenvalue weighted by Gasteiger charge is -2.16. The number of hydrogen-bond donors (Lipinski definition) is 1. The van der Waals surface area contributed by atoms with Gasteiger partial charge < -0.3 is 0 Å². The highest BCUT2D eigenvalue weighted by atomic mass is 19.1. The second-order valence-electron chi connectivity index (χ2n) is 13.5. The number of nitrogens with zero attached hydrogens (tertiary/aromatic N) is 1. The van der Waals surface area contributed by atoms with Crippen LogP contribution in [-0.2, 0) is 19.3 Å². The number of benzene rings is 1. The molecule has 0 bridgehead atoms. The van der Waals surface area contributed by atoms with Crippen LogP contribution in [0.1, 0.15) is 198 Å². The molecule has 0 spiro atoms. The molecule has 0 amide bonds. The van der Waals surface area contributed by atoms with Gasteiger partial charge in [0.25, 0.3) is 5.56 Å². The van der Waals surface area contributed by atoms with Gasteiger partial charge in [-0.05, 0) is 62.1 Å². The molecule has 1 N–H and O–H groups in total. The Morgan fingerprint density at radius 1 is 0.545 bits per heavy atom. The van der Waals surface area contributed by atoms with Gasteiger partial charge in [0.2, 0.25) is 0 Å². The molecule has 0 radical (unpaired) electrons. The smallest absolute Gasteiger partial charge is 0.267 e. The molecule has 0 atom stereocenters. The fourth-order valence-electron chi connectivity index (χ4n) is 6.83. The maximum absolute atomic E-state index is 12.9. The Bertz CT molecular complexity index is 1020. The van der Waals surface area contributed by atoms with Crippen LogP contribution in [0.25, 0.3) is 10.8 Å². The summed E-state index contributed by atoms with van der Waals surface area (Å²) >= 11 is 0. The molecule has 3 nitrogen and oxygen atoms in total. The van der Waals surface area contributed by atoms with E-state index in [1.807, 2.05) is 0 Å². The summed E-state index contributed by atoms with van der Waals surface area (Å²) in [6.45, 7) is 4.39. The Morgan fingerprint density at radius 2 is 0.977 bits per heavy atom. The average Bonchev–Trinajstić information content (AvgIpc) is 3.03. The Morgan fingerprint density at radius 3 is 1.48 bits per heavy atom. The highest BCUT2D eigenvalue weighted by Gasteiger charge is 2.15. The second kappa shape index (κ2) is 26.5. The van der Waals surface area contributed by atoms with E-state index in [0.29, 0.717) is 6.42 Å². The van der Waals surface area contributed by atoms with Crippen molar-refractivity contribution in [3.8, 4) is 0 Å². The first-order valence-electron chi connectivity index (χ1n) is 19.3. The van der Waals surface area contributed by atoms with Crippen molar-refractivity contribution in [2.75, 3.05) is 6.67 Å². The van der Waals surface area contributed by atoms with Crippen LogP contribution in [0.3, 0.4) is 0 Å². The SMILES string of the molecule is CCCCCCCCCCCc1ccc2c(=O)[nH]nc(CCCCCCCCCCF)c2c1CCCCCCCCCCC. The zero-order chi connectivity index (χ0) is 31.5. The summed E-state index contributed by atoms with van der Waals surface area (Å²) in [6, 6.07) is 4.34. The molecule has 0 aliphatic rings. The third kappa shape index (κ3) is 16.6. The van der Waals surface area contributed by atoms with E-state index in [2.05, 4.69) is 36.2 Å². The molecular formula is C40H69FN2O. The quantitative estimate of drug-likeness (QED) is 0.0892. The monoisotopic (exact) mass is 613 g/mol. The molecule has 0 unspecified atom stereocenters. The van der Waals surface area contributed by atoms with Gasteiger partial charge in [0, 0.05) is 5.39 Å². The van der Waals surface area contributed by atoms with E-state index >= 15 is 0 Å². The van der Waals surface area contributed by atoms with Crippen LogP contribution in [0, 0.1) is 0 Å². The van der Waals surface area contributed by atoms with Gasteiger partial charge in [0.15, 0.2) is 0 Å². The summed E-state index contributed by atoms with van der Waals surface area (Å²) in [4.78, 5) is 12.9. The molecule has 0 saturated heterocycles. The van der Waals surface area contributed by atoms with Crippen LogP contribution in [0.2, 0.25) is 0 Å². The molecule has 4 heteroatoms. The summed E-state index contributed by atoms with van der Waals surface area (Å²) < 4.78 is 12.3. The Kier molecular flexibility index (Phi) is 23.2. The molecule has 0 fully saturated rings. The van der Waals surface area contributed by atoms with E-state index in [9.17, 15) is 9.18 Å². The zero-order valence-electron chi connectivity index (χ0n) is 29.1. The molecule has 1 aromatic heterocycles. The van der Waals surface area contributed by atoms with Crippen LogP contribution < -0.4 is 5.56 Å². The van der Waals surface area contributed by atoms with Crippen molar-refractivity contribution in [3.05, 3.63) is 39.3 Å². The van der Waals surface area contributed by atoms with Gasteiger partial charge in [-0.2, -0.15) is 5.10 Å². The Labute approximate surface area is 271 Å². The fourth-order valence-corrected chi connectivity index (χ4v) is 6.83. The first-order chi connectivity index (χ1) is 21.7. The average molecular weight is 613 g/mol. The normalized spacial score (nSPS) is 11.6. The van der Waals surface area contributed by atoms with E-state index in [4.69, 9.17) is 0 Å². The molecule has 44 heavy (non-hydrogen) atoms. The van der Waals surface area contributed by atoms with Crippen molar-refractivity contribution < 1.29 is 4.39 Å². The third-order valence-electron chi connectivity index (χ3n) is 9.61. The molecule has 252 valence electrons. The van der Waals surface area contributed by atoms with Crippen molar-refractivity contribution in [2.24, 2.45) is 0 Å². The summed E-state index contributed by atoms with van der Waals surface area (Å²) in [5, 5.41) is 9.48. The number of halogens is 1. The van der Waals surface area contributed by atoms with Gasteiger partial charge in [-0.1, -0.05) is 161 Å². The molecule has 2 aromatic rings. The summed E-state index contributed by atoms with van der Waals surface area (Å²) in [5.41, 5.74) is 3.94. The molecule has 0 aliphatic carbocycles. The molecule has 1 heterocycles. The van der Waals surface area contributed by atoms with Gasteiger partial charge in [0.1, 0.15) is 0 Å². The van der Waals surface area contributed by atoms with E-state index in [1.165, 1.54) is 158 Å². The predicted molar refractivity (Wildman–Crippen MR) is 191 cm³/mol. The number of nitrogens with one attached hydrogen (secondary N) is 1. The minimum Gasteiger partial charge on any atom is -0.267 e. The number of aromatic amines is 1. The van der Waals surface area contributed by atoms with Crippen LogP contribution in [0.5, 0.6) is 0 Å². The van der Waals surface area contributed by atoms with Crippen LogP contribution in [0.15, 0.2) is 16.9 Å².